The van der Waals surface area contributed by atoms with Crippen molar-refractivity contribution in [2.75, 3.05) is 11.5 Å². The highest BCUT2D eigenvalue weighted by atomic mass is 16.5. The first-order valence-corrected chi connectivity index (χ1v) is 9.13. The van der Waals surface area contributed by atoms with Crippen LogP contribution in [0, 0.1) is 0 Å². The number of carbonyl (C=O) groups excluding carboxylic acids is 5. The van der Waals surface area contributed by atoms with Crippen molar-refractivity contribution in [1.82, 2.24) is 10.6 Å². The van der Waals surface area contributed by atoms with E-state index in [4.69, 9.17) is 4.74 Å². The number of urea groups is 1. The zero-order valence-electron chi connectivity index (χ0n) is 16.3. The second-order valence-corrected chi connectivity index (χ2v) is 6.79. The molecule has 0 saturated carbocycles. The quantitative estimate of drug-likeness (QED) is 0.574. The Bertz CT molecular complexity index is 1010. The van der Waals surface area contributed by atoms with Gasteiger partial charge < -0.3 is 10.1 Å². The number of imide groups is 2. The van der Waals surface area contributed by atoms with Crippen molar-refractivity contribution in [3.63, 3.8) is 0 Å². The van der Waals surface area contributed by atoms with Crippen molar-refractivity contribution in [1.29, 1.82) is 0 Å². The van der Waals surface area contributed by atoms with Crippen LogP contribution in [0.15, 0.2) is 48.5 Å². The third-order valence-electron chi connectivity index (χ3n) is 4.14. The predicted octanol–water partition coefficient (Wildman–Crippen LogP) is 1.88. The number of fused-ring (bicyclic) bond motifs is 1. The normalized spacial score (nSPS) is 12.6. The SMILES string of the molecule is CC(C)NC(=O)NC(=O)COC(=O)c1cccc(N2C(=O)c3ccccc3C2=O)c1. The number of anilines is 1. The number of hydrogen-bond acceptors (Lipinski definition) is 6. The number of ether oxygens (including phenoxy) is 1. The molecule has 9 heteroatoms. The van der Waals surface area contributed by atoms with Crippen LogP contribution in [0.3, 0.4) is 0 Å². The summed E-state index contributed by atoms with van der Waals surface area (Å²) in [5.41, 5.74) is 0.818. The highest BCUT2D eigenvalue weighted by Crippen LogP contribution is 2.28. The Hall–Kier alpha value is -4.01. The van der Waals surface area contributed by atoms with Gasteiger partial charge in [0.15, 0.2) is 6.61 Å². The Balaban J connectivity index is 1.67. The lowest BCUT2D eigenvalue weighted by Gasteiger charge is -2.15. The van der Waals surface area contributed by atoms with Crippen LogP contribution in [-0.4, -0.2) is 42.4 Å². The van der Waals surface area contributed by atoms with E-state index in [1.54, 1.807) is 38.1 Å². The van der Waals surface area contributed by atoms with Crippen LogP contribution < -0.4 is 15.5 Å². The Kier molecular flexibility index (Phi) is 5.91. The minimum atomic E-state index is -0.840. The van der Waals surface area contributed by atoms with Gasteiger partial charge in [0.05, 0.1) is 22.4 Å². The van der Waals surface area contributed by atoms with Gasteiger partial charge in [-0.05, 0) is 44.2 Å². The van der Waals surface area contributed by atoms with Crippen LogP contribution in [0.4, 0.5) is 10.5 Å². The van der Waals surface area contributed by atoms with Crippen molar-refractivity contribution in [3.05, 3.63) is 65.2 Å². The van der Waals surface area contributed by atoms with Crippen molar-refractivity contribution in [3.8, 4) is 0 Å². The van der Waals surface area contributed by atoms with Crippen LogP contribution in [0.1, 0.15) is 44.9 Å². The monoisotopic (exact) mass is 409 g/mol. The summed E-state index contributed by atoms with van der Waals surface area (Å²) in [5, 5.41) is 4.50. The molecule has 9 nitrogen and oxygen atoms in total. The lowest BCUT2D eigenvalue weighted by molar-refractivity contribution is -0.123. The lowest BCUT2D eigenvalue weighted by Crippen LogP contribution is -2.44. The molecule has 0 unspecified atom stereocenters. The van der Waals surface area contributed by atoms with E-state index in [0.29, 0.717) is 0 Å². The molecule has 30 heavy (non-hydrogen) atoms. The maximum absolute atomic E-state index is 12.6. The second kappa shape index (κ2) is 8.56. The van der Waals surface area contributed by atoms with Crippen LogP contribution in [0.5, 0.6) is 0 Å². The molecule has 0 aromatic heterocycles. The summed E-state index contributed by atoms with van der Waals surface area (Å²) in [7, 11) is 0. The van der Waals surface area contributed by atoms with Crippen LogP contribution >= 0.6 is 0 Å². The van der Waals surface area contributed by atoms with Gasteiger partial charge in [-0.15, -0.1) is 0 Å². The molecule has 0 radical (unpaired) electrons. The summed E-state index contributed by atoms with van der Waals surface area (Å²) >= 11 is 0. The van der Waals surface area contributed by atoms with E-state index in [1.807, 2.05) is 5.32 Å². The molecule has 5 amide bonds. The largest absolute Gasteiger partial charge is 0.452 e. The minimum absolute atomic E-state index is 0.0449. The van der Waals surface area contributed by atoms with Gasteiger partial charge in [0.1, 0.15) is 0 Å². The summed E-state index contributed by atoms with van der Waals surface area (Å²) in [6, 6.07) is 11.3. The third-order valence-corrected chi connectivity index (χ3v) is 4.14. The number of nitrogens with zero attached hydrogens (tertiary/aromatic N) is 1. The Morgan fingerprint density at radius 2 is 1.60 bits per heavy atom. The van der Waals surface area contributed by atoms with Gasteiger partial charge in [-0.1, -0.05) is 18.2 Å². The fourth-order valence-corrected chi connectivity index (χ4v) is 2.87. The van der Waals surface area contributed by atoms with Crippen molar-refractivity contribution in [2.24, 2.45) is 0 Å². The van der Waals surface area contributed by atoms with Crippen LogP contribution in [-0.2, 0) is 9.53 Å². The van der Waals surface area contributed by atoms with Gasteiger partial charge in [0, 0.05) is 6.04 Å². The highest BCUT2D eigenvalue weighted by Gasteiger charge is 2.36. The second-order valence-electron chi connectivity index (χ2n) is 6.79. The smallest absolute Gasteiger partial charge is 0.338 e. The summed E-state index contributed by atoms with van der Waals surface area (Å²) in [5.74, 6) is -2.61. The molecule has 0 fully saturated rings. The highest BCUT2D eigenvalue weighted by molar-refractivity contribution is 6.34. The van der Waals surface area contributed by atoms with Gasteiger partial charge in [-0.3, -0.25) is 19.7 Å². The molecular formula is C21H19N3O6. The van der Waals surface area contributed by atoms with E-state index in [0.717, 1.165) is 4.90 Å². The molecule has 1 heterocycles. The zero-order chi connectivity index (χ0) is 21.8. The first-order valence-electron chi connectivity index (χ1n) is 9.13. The predicted molar refractivity (Wildman–Crippen MR) is 106 cm³/mol. The van der Waals surface area contributed by atoms with E-state index >= 15 is 0 Å². The van der Waals surface area contributed by atoms with Crippen molar-refractivity contribution in [2.45, 2.75) is 19.9 Å². The molecular weight excluding hydrogens is 390 g/mol. The Morgan fingerprint density at radius 1 is 0.967 bits per heavy atom. The van der Waals surface area contributed by atoms with Gasteiger partial charge in [-0.2, -0.15) is 0 Å². The van der Waals surface area contributed by atoms with Crippen molar-refractivity contribution < 1.29 is 28.7 Å². The number of benzene rings is 2. The van der Waals surface area contributed by atoms with E-state index in [9.17, 15) is 24.0 Å². The van der Waals surface area contributed by atoms with Gasteiger partial charge >= 0.3 is 12.0 Å². The minimum Gasteiger partial charge on any atom is -0.452 e. The molecule has 1 aliphatic rings. The Labute approximate surface area is 172 Å². The molecule has 0 spiro atoms. The number of hydrogen-bond donors (Lipinski definition) is 2. The standard InChI is InChI=1S/C21H19N3O6/c1-12(2)22-21(29)23-17(25)11-30-20(28)13-6-5-7-14(10-13)24-18(26)15-8-3-4-9-16(15)19(24)27/h3-10,12H,11H2,1-2H3,(H2,22,23,25,29). The number of nitrogens with one attached hydrogen (secondary N) is 2. The molecule has 0 bridgehead atoms. The van der Waals surface area contributed by atoms with E-state index in [1.165, 1.54) is 24.3 Å². The summed E-state index contributed by atoms with van der Waals surface area (Å²) in [6.07, 6.45) is 0. The van der Waals surface area contributed by atoms with Crippen LogP contribution in [0.2, 0.25) is 0 Å². The number of esters is 1. The molecule has 2 aromatic rings. The van der Waals surface area contributed by atoms with Crippen LogP contribution in [0.25, 0.3) is 0 Å². The summed E-state index contributed by atoms with van der Waals surface area (Å²) in [6.45, 7) is 2.79. The summed E-state index contributed by atoms with van der Waals surface area (Å²) in [4.78, 5) is 61.6. The molecule has 1 aliphatic heterocycles. The molecule has 0 saturated heterocycles. The first kappa shape index (κ1) is 20.7. The maximum atomic E-state index is 12.6. The van der Waals surface area contributed by atoms with Crippen molar-refractivity contribution >= 4 is 35.4 Å². The number of amides is 5. The molecule has 3 rings (SSSR count). The fourth-order valence-electron chi connectivity index (χ4n) is 2.87. The third kappa shape index (κ3) is 4.35. The maximum Gasteiger partial charge on any atom is 0.338 e. The zero-order valence-corrected chi connectivity index (χ0v) is 16.3. The topological polar surface area (TPSA) is 122 Å². The fraction of sp³-hybridized carbons (Fsp3) is 0.190. The molecule has 0 atom stereocenters. The summed E-state index contributed by atoms with van der Waals surface area (Å²) < 4.78 is 4.91. The average Bonchev–Trinajstić information content (AvgIpc) is 2.96. The average molecular weight is 409 g/mol. The molecule has 0 aliphatic carbocycles. The first-order chi connectivity index (χ1) is 14.3. The van der Waals surface area contributed by atoms with E-state index in [2.05, 4.69) is 5.32 Å². The van der Waals surface area contributed by atoms with Gasteiger partial charge in [0.25, 0.3) is 17.7 Å². The molecule has 2 aromatic carbocycles. The van der Waals surface area contributed by atoms with Gasteiger partial charge in [0.2, 0.25) is 0 Å². The van der Waals surface area contributed by atoms with Gasteiger partial charge in [-0.25, -0.2) is 14.5 Å². The Morgan fingerprint density at radius 3 is 2.20 bits per heavy atom. The molecule has 2 N–H and O–H groups in total. The molecule has 154 valence electrons. The van der Waals surface area contributed by atoms with E-state index in [-0.39, 0.29) is 28.4 Å². The van der Waals surface area contributed by atoms with E-state index < -0.39 is 36.3 Å². The number of carbonyl (C=O) groups is 5. The lowest BCUT2D eigenvalue weighted by atomic mass is 10.1. The number of rotatable bonds is 5.